The Morgan fingerprint density at radius 1 is 1.47 bits per heavy atom. The zero-order valence-electron chi connectivity index (χ0n) is 10.7. The van der Waals surface area contributed by atoms with Crippen LogP contribution in [-0.2, 0) is 16.6 Å². The second-order valence-corrected chi connectivity index (χ2v) is 6.33. The van der Waals surface area contributed by atoms with Crippen LogP contribution in [0.4, 0.5) is 0 Å². The van der Waals surface area contributed by atoms with Crippen molar-refractivity contribution >= 4 is 10.0 Å². The van der Waals surface area contributed by atoms with Crippen molar-refractivity contribution in [1.82, 2.24) is 4.72 Å². The molecular weight excluding hydrogens is 240 g/mol. The highest BCUT2D eigenvalue weighted by molar-refractivity contribution is 7.89. The van der Waals surface area contributed by atoms with Crippen molar-refractivity contribution in [2.45, 2.75) is 51.1 Å². The summed E-state index contributed by atoms with van der Waals surface area (Å²) < 4.78 is 32.2. The van der Waals surface area contributed by atoms with Gasteiger partial charge < -0.3 is 10.2 Å². The molecule has 1 heterocycles. The molecule has 1 rings (SSSR count). The summed E-state index contributed by atoms with van der Waals surface area (Å²) in [7, 11) is -3.55. The zero-order chi connectivity index (χ0) is 13.3. The fourth-order valence-electron chi connectivity index (χ4n) is 1.38. The van der Waals surface area contributed by atoms with Crippen molar-refractivity contribution < 1.29 is 12.8 Å². The smallest absolute Gasteiger partial charge is 0.244 e. The number of hydrogen-bond acceptors (Lipinski definition) is 4. The Morgan fingerprint density at radius 2 is 2.06 bits per heavy atom. The average Bonchev–Trinajstić information content (AvgIpc) is 2.59. The number of furan rings is 1. The minimum absolute atomic E-state index is 0.166. The molecule has 1 aromatic rings. The quantitative estimate of drug-likeness (QED) is 0.840. The second kappa shape index (κ2) is 4.80. The summed E-state index contributed by atoms with van der Waals surface area (Å²) in [4.78, 5) is 0.166. The predicted molar refractivity (Wildman–Crippen MR) is 66.0 cm³/mol. The van der Waals surface area contributed by atoms with Crippen LogP contribution in [0.2, 0.25) is 0 Å². The summed E-state index contributed by atoms with van der Waals surface area (Å²) in [5.74, 6) is 0.835. The highest BCUT2D eigenvalue weighted by Crippen LogP contribution is 2.22. The first-order valence-corrected chi connectivity index (χ1v) is 7.03. The minimum atomic E-state index is -3.55. The van der Waals surface area contributed by atoms with Gasteiger partial charge >= 0.3 is 0 Å². The van der Waals surface area contributed by atoms with Gasteiger partial charge in [0.2, 0.25) is 10.0 Å². The molecule has 3 N–H and O–H groups in total. The molecule has 0 aromatic carbocycles. The Balaban J connectivity index is 3.09. The molecule has 0 fully saturated rings. The van der Waals surface area contributed by atoms with Crippen LogP contribution in [0.15, 0.2) is 15.4 Å². The van der Waals surface area contributed by atoms with E-state index >= 15 is 0 Å². The van der Waals surface area contributed by atoms with E-state index in [1.54, 1.807) is 6.92 Å². The molecule has 0 unspecified atom stereocenters. The third kappa shape index (κ3) is 3.31. The lowest BCUT2D eigenvalue weighted by molar-refractivity contribution is 0.437. The fraction of sp³-hybridized carbons (Fsp3) is 0.636. The molecular formula is C11H20N2O3S. The molecule has 5 nitrogen and oxygen atoms in total. The molecule has 0 aliphatic carbocycles. The first kappa shape index (κ1) is 14.2. The number of hydrogen-bond donors (Lipinski definition) is 2. The van der Waals surface area contributed by atoms with E-state index in [4.69, 9.17) is 10.2 Å². The van der Waals surface area contributed by atoms with Crippen molar-refractivity contribution in [3.63, 3.8) is 0 Å². The highest BCUT2D eigenvalue weighted by atomic mass is 32.2. The summed E-state index contributed by atoms with van der Waals surface area (Å²) in [6.07, 6.45) is 0.701. The number of rotatable bonds is 5. The molecule has 1 aromatic heterocycles. The zero-order valence-corrected chi connectivity index (χ0v) is 11.5. The van der Waals surface area contributed by atoms with E-state index in [-0.39, 0.29) is 11.4 Å². The van der Waals surface area contributed by atoms with Crippen molar-refractivity contribution in [3.8, 4) is 0 Å². The summed E-state index contributed by atoms with van der Waals surface area (Å²) in [6, 6.07) is 1.48. The van der Waals surface area contributed by atoms with E-state index in [0.717, 1.165) is 0 Å². The Morgan fingerprint density at radius 3 is 2.47 bits per heavy atom. The van der Waals surface area contributed by atoms with E-state index in [0.29, 0.717) is 17.9 Å². The first-order chi connectivity index (χ1) is 7.72. The Labute approximate surface area is 102 Å². The number of aryl methyl sites for hydroxylation is 1. The lowest BCUT2D eigenvalue weighted by Crippen LogP contribution is -2.42. The van der Waals surface area contributed by atoms with Gasteiger partial charge in [-0.2, -0.15) is 0 Å². The van der Waals surface area contributed by atoms with E-state index in [1.807, 2.05) is 20.8 Å². The summed E-state index contributed by atoms with van der Waals surface area (Å²) in [6.45, 7) is 7.41. The standard InChI is InChI=1S/C11H20N2O3S/c1-5-11(3,4)13-17(14,15)10-6-9(7-12)16-8(10)2/h6,13H,5,7,12H2,1-4H3. The molecule has 0 bridgehead atoms. The number of sulfonamides is 1. The van der Waals surface area contributed by atoms with Crippen molar-refractivity contribution in [1.29, 1.82) is 0 Å². The van der Waals surface area contributed by atoms with Gasteiger partial charge in [-0.3, -0.25) is 0 Å². The molecule has 17 heavy (non-hydrogen) atoms. The molecule has 0 saturated heterocycles. The third-order valence-corrected chi connectivity index (χ3v) is 4.51. The van der Waals surface area contributed by atoms with Crippen LogP contribution in [0.3, 0.4) is 0 Å². The topological polar surface area (TPSA) is 85.3 Å². The van der Waals surface area contributed by atoms with Gasteiger partial charge in [-0.05, 0) is 27.2 Å². The molecule has 98 valence electrons. The van der Waals surface area contributed by atoms with Crippen LogP contribution in [-0.4, -0.2) is 14.0 Å². The maximum Gasteiger partial charge on any atom is 0.244 e. The Kier molecular flexibility index (Phi) is 4.01. The van der Waals surface area contributed by atoms with Crippen LogP contribution < -0.4 is 10.5 Å². The van der Waals surface area contributed by atoms with E-state index < -0.39 is 15.6 Å². The van der Waals surface area contributed by atoms with Crippen LogP contribution in [0.1, 0.15) is 38.7 Å². The van der Waals surface area contributed by atoms with Gasteiger partial charge in [-0.25, -0.2) is 13.1 Å². The van der Waals surface area contributed by atoms with Gasteiger partial charge in [0.1, 0.15) is 16.4 Å². The average molecular weight is 260 g/mol. The minimum Gasteiger partial charge on any atom is -0.464 e. The maximum atomic E-state index is 12.1. The van der Waals surface area contributed by atoms with E-state index in [2.05, 4.69) is 4.72 Å². The molecule has 0 saturated carbocycles. The highest BCUT2D eigenvalue weighted by Gasteiger charge is 2.27. The van der Waals surface area contributed by atoms with Crippen molar-refractivity contribution in [2.75, 3.05) is 0 Å². The Hall–Kier alpha value is -0.850. The fourth-order valence-corrected chi connectivity index (χ4v) is 3.07. The van der Waals surface area contributed by atoms with Crippen molar-refractivity contribution in [2.24, 2.45) is 5.73 Å². The van der Waals surface area contributed by atoms with Crippen LogP contribution in [0.5, 0.6) is 0 Å². The van der Waals surface area contributed by atoms with Crippen LogP contribution >= 0.6 is 0 Å². The molecule has 0 radical (unpaired) electrons. The number of nitrogens with two attached hydrogens (primary N) is 1. The number of nitrogens with one attached hydrogen (secondary N) is 1. The molecule has 0 atom stereocenters. The van der Waals surface area contributed by atoms with Gasteiger partial charge in [0.05, 0.1) is 6.54 Å². The SMILES string of the molecule is CCC(C)(C)NS(=O)(=O)c1cc(CN)oc1C. The van der Waals surface area contributed by atoms with Gasteiger partial charge in [0, 0.05) is 11.6 Å². The lowest BCUT2D eigenvalue weighted by Gasteiger charge is -2.23. The summed E-state index contributed by atoms with van der Waals surface area (Å²) >= 11 is 0. The molecule has 0 amide bonds. The second-order valence-electron chi connectivity index (χ2n) is 4.68. The summed E-state index contributed by atoms with van der Waals surface area (Å²) in [5, 5.41) is 0. The lowest BCUT2D eigenvalue weighted by atomic mass is 10.0. The van der Waals surface area contributed by atoms with E-state index in [1.165, 1.54) is 6.07 Å². The first-order valence-electron chi connectivity index (χ1n) is 5.55. The van der Waals surface area contributed by atoms with Gasteiger partial charge in [-0.15, -0.1) is 0 Å². The summed E-state index contributed by atoms with van der Waals surface area (Å²) in [5.41, 5.74) is 4.94. The maximum absolute atomic E-state index is 12.1. The monoisotopic (exact) mass is 260 g/mol. The van der Waals surface area contributed by atoms with Gasteiger partial charge in [0.25, 0.3) is 0 Å². The largest absolute Gasteiger partial charge is 0.464 e. The molecule has 0 spiro atoms. The van der Waals surface area contributed by atoms with Gasteiger partial charge in [0.15, 0.2) is 0 Å². The van der Waals surface area contributed by atoms with Crippen LogP contribution in [0, 0.1) is 6.92 Å². The normalized spacial score (nSPS) is 13.0. The molecule has 0 aliphatic rings. The van der Waals surface area contributed by atoms with Crippen molar-refractivity contribution in [3.05, 3.63) is 17.6 Å². The molecule has 6 heteroatoms. The van der Waals surface area contributed by atoms with Crippen LogP contribution in [0.25, 0.3) is 0 Å². The molecule has 0 aliphatic heterocycles. The third-order valence-electron chi connectivity index (χ3n) is 2.71. The Bertz CT molecular complexity index is 489. The van der Waals surface area contributed by atoms with Gasteiger partial charge in [-0.1, -0.05) is 6.92 Å². The van der Waals surface area contributed by atoms with E-state index in [9.17, 15) is 8.42 Å². The predicted octanol–water partition coefficient (Wildman–Crippen LogP) is 1.51.